The molecule has 1 unspecified atom stereocenters. The molecule has 3 N–H and O–H groups in total. The van der Waals surface area contributed by atoms with Gasteiger partial charge in [-0.2, -0.15) is 0 Å². The van der Waals surface area contributed by atoms with Crippen LogP contribution in [0.15, 0.2) is 35.5 Å². The van der Waals surface area contributed by atoms with E-state index in [0.717, 1.165) is 0 Å². The topological polar surface area (TPSA) is 109 Å². The van der Waals surface area contributed by atoms with Gasteiger partial charge in [-0.25, -0.2) is 9.59 Å². The lowest BCUT2D eigenvalue weighted by Crippen LogP contribution is -2.52. The standard InChI is InChI=1S/C21H30N4O5/c1-5-16-19(20(27)30-7-3)17(24-21(28)23-16)12-25(6-2)13-18(26)22-14-8-10-15(29-4)11-9-14/h8-11,16H,5-7,12-13H2,1-4H3,(H,22,26)(H2,23,24,28). The number of amides is 3. The van der Waals surface area contributed by atoms with Gasteiger partial charge in [-0.1, -0.05) is 13.8 Å². The highest BCUT2D eigenvalue weighted by Gasteiger charge is 2.32. The van der Waals surface area contributed by atoms with Crippen molar-refractivity contribution < 1.29 is 23.9 Å². The van der Waals surface area contributed by atoms with Crippen molar-refractivity contribution in [1.29, 1.82) is 0 Å². The van der Waals surface area contributed by atoms with Crippen molar-refractivity contribution >= 4 is 23.6 Å². The first-order valence-electron chi connectivity index (χ1n) is 10.1. The third kappa shape index (κ3) is 6.21. The highest BCUT2D eigenvalue weighted by Crippen LogP contribution is 2.18. The Balaban J connectivity index is 2.12. The van der Waals surface area contributed by atoms with Gasteiger partial charge < -0.3 is 25.4 Å². The zero-order chi connectivity index (χ0) is 22.1. The van der Waals surface area contributed by atoms with Gasteiger partial charge in [0.25, 0.3) is 0 Å². The van der Waals surface area contributed by atoms with E-state index in [1.165, 1.54) is 0 Å². The van der Waals surface area contributed by atoms with E-state index in [-0.39, 0.29) is 31.6 Å². The van der Waals surface area contributed by atoms with Gasteiger partial charge in [0.1, 0.15) is 5.75 Å². The lowest BCUT2D eigenvalue weighted by atomic mass is 10.00. The number of carbonyl (C=O) groups is 3. The monoisotopic (exact) mass is 418 g/mol. The number of esters is 1. The van der Waals surface area contributed by atoms with Gasteiger partial charge in [0.2, 0.25) is 5.91 Å². The van der Waals surface area contributed by atoms with Crippen molar-refractivity contribution in [3.05, 3.63) is 35.5 Å². The highest BCUT2D eigenvalue weighted by molar-refractivity contribution is 5.95. The van der Waals surface area contributed by atoms with E-state index in [4.69, 9.17) is 9.47 Å². The van der Waals surface area contributed by atoms with Crippen LogP contribution in [0.1, 0.15) is 27.2 Å². The number of likely N-dealkylation sites (N-methyl/N-ethyl adjacent to an activating group) is 1. The van der Waals surface area contributed by atoms with Crippen molar-refractivity contribution in [2.24, 2.45) is 0 Å². The van der Waals surface area contributed by atoms with Crippen LogP contribution >= 0.6 is 0 Å². The molecule has 1 aromatic carbocycles. The largest absolute Gasteiger partial charge is 0.497 e. The number of carbonyl (C=O) groups excluding carboxylic acids is 3. The molecule has 2 rings (SSSR count). The first-order valence-corrected chi connectivity index (χ1v) is 10.1. The number of rotatable bonds is 10. The Kier molecular flexibility index (Phi) is 8.67. The van der Waals surface area contributed by atoms with Crippen LogP contribution in [0.3, 0.4) is 0 Å². The molecule has 9 heteroatoms. The Hall–Kier alpha value is -3.07. The summed E-state index contributed by atoms with van der Waals surface area (Å²) >= 11 is 0. The number of nitrogens with zero attached hydrogens (tertiary/aromatic N) is 1. The molecule has 0 radical (unpaired) electrons. The lowest BCUT2D eigenvalue weighted by Gasteiger charge is -2.31. The molecular formula is C21H30N4O5. The first kappa shape index (κ1) is 23.2. The smallest absolute Gasteiger partial charge is 0.337 e. The van der Waals surface area contributed by atoms with E-state index in [1.807, 2.05) is 18.7 Å². The van der Waals surface area contributed by atoms with Crippen LogP contribution < -0.4 is 20.7 Å². The van der Waals surface area contributed by atoms with Gasteiger partial charge in [-0.3, -0.25) is 9.69 Å². The number of urea groups is 1. The Morgan fingerprint density at radius 1 is 1.17 bits per heavy atom. The fourth-order valence-electron chi connectivity index (χ4n) is 3.17. The summed E-state index contributed by atoms with van der Waals surface area (Å²) in [5.41, 5.74) is 1.51. The first-order chi connectivity index (χ1) is 14.4. The number of anilines is 1. The molecule has 1 aliphatic rings. The van der Waals surface area contributed by atoms with Crippen LogP contribution in [0, 0.1) is 0 Å². The molecule has 0 saturated heterocycles. The van der Waals surface area contributed by atoms with Gasteiger partial charge in [0, 0.05) is 17.9 Å². The van der Waals surface area contributed by atoms with Crippen LogP contribution in [-0.2, 0) is 14.3 Å². The number of ether oxygens (including phenoxy) is 2. The average molecular weight is 418 g/mol. The second-order valence-electron chi connectivity index (χ2n) is 6.75. The zero-order valence-corrected chi connectivity index (χ0v) is 17.9. The van der Waals surface area contributed by atoms with E-state index < -0.39 is 12.0 Å². The number of hydrogen-bond donors (Lipinski definition) is 3. The van der Waals surface area contributed by atoms with Crippen LogP contribution in [0.4, 0.5) is 10.5 Å². The predicted octanol–water partition coefficient (Wildman–Crippen LogP) is 1.86. The summed E-state index contributed by atoms with van der Waals surface area (Å²) in [5, 5.41) is 8.29. The molecule has 0 aliphatic carbocycles. The predicted molar refractivity (Wildman–Crippen MR) is 113 cm³/mol. The molecule has 0 spiro atoms. The van der Waals surface area contributed by atoms with Crippen molar-refractivity contribution in [3.8, 4) is 5.75 Å². The molecule has 0 saturated carbocycles. The Bertz CT molecular complexity index is 791. The molecular weight excluding hydrogens is 388 g/mol. The fraction of sp³-hybridized carbons (Fsp3) is 0.476. The van der Waals surface area contributed by atoms with Crippen LogP contribution in [0.2, 0.25) is 0 Å². The maximum Gasteiger partial charge on any atom is 0.337 e. The zero-order valence-electron chi connectivity index (χ0n) is 17.9. The molecule has 1 aliphatic heterocycles. The summed E-state index contributed by atoms with van der Waals surface area (Å²) in [6, 6.07) is 6.24. The van der Waals surface area contributed by atoms with Gasteiger partial charge in [-0.15, -0.1) is 0 Å². The summed E-state index contributed by atoms with van der Waals surface area (Å²) < 4.78 is 10.3. The van der Waals surface area contributed by atoms with Crippen LogP contribution in [-0.4, -0.2) is 62.2 Å². The number of methoxy groups -OCH3 is 1. The minimum Gasteiger partial charge on any atom is -0.497 e. The molecule has 0 aromatic heterocycles. The lowest BCUT2D eigenvalue weighted by molar-refractivity contribution is -0.139. The maximum atomic E-state index is 12.5. The van der Waals surface area contributed by atoms with Crippen molar-refractivity contribution in [2.45, 2.75) is 33.2 Å². The van der Waals surface area contributed by atoms with Gasteiger partial charge in [-0.05, 0) is 44.2 Å². The molecule has 0 bridgehead atoms. The molecule has 0 fully saturated rings. The molecule has 164 valence electrons. The van der Waals surface area contributed by atoms with Crippen molar-refractivity contribution in [3.63, 3.8) is 0 Å². The molecule has 30 heavy (non-hydrogen) atoms. The Morgan fingerprint density at radius 2 is 1.87 bits per heavy atom. The summed E-state index contributed by atoms with van der Waals surface area (Å²) in [7, 11) is 1.58. The maximum absolute atomic E-state index is 12.5. The second-order valence-corrected chi connectivity index (χ2v) is 6.75. The summed E-state index contributed by atoms with van der Waals surface area (Å²) in [6.45, 7) is 6.65. The van der Waals surface area contributed by atoms with Gasteiger partial charge in [0.05, 0.1) is 31.9 Å². The molecule has 9 nitrogen and oxygen atoms in total. The number of nitrogens with one attached hydrogen (secondary N) is 3. The van der Waals surface area contributed by atoms with Gasteiger partial charge >= 0.3 is 12.0 Å². The van der Waals surface area contributed by atoms with E-state index in [0.29, 0.717) is 35.7 Å². The van der Waals surface area contributed by atoms with Gasteiger partial charge in [0.15, 0.2) is 0 Å². The van der Waals surface area contributed by atoms with Crippen molar-refractivity contribution in [2.75, 3.05) is 38.7 Å². The molecule has 1 aromatic rings. The summed E-state index contributed by atoms with van der Waals surface area (Å²) in [6.07, 6.45) is 0.551. The second kappa shape index (κ2) is 11.2. The van der Waals surface area contributed by atoms with Crippen LogP contribution in [0.5, 0.6) is 5.75 Å². The van der Waals surface area contributed by atoms with Crippen LogP contribution in [0.25, 0.3) is 0 Å². The Morgan fingerprint density at radius 3 is 2.43 bits per heavy atom. The number of benzene rings is 1. The fourth-order valence-corrected chi connectivity index (χ4v) is 3.17. The average Bonchev–Trinajstić information content (AvgIpc) is 2.73. The SMILES string of the molecule is CCOC(=O)C1=C(CN(CC)CC(=O)Nc2ccc(OC)cc2)NC(=O)NC1CC. The molecule has 3 amide bonds. The summed E-state index contributed by atoms with van der Waals surface area (Å²) in [4.78, 5) is 38.9. The minimum atomic E-state index is -0.467. The van der Waals surface area contributed by atoms with E-state index >= 15 is 0 Å². The number of hydrogen-bond acceptors (Lipinski definition) is 6. The minimum absolute atomic E-state index is 0.0994. The third-order valence-corrected chi connectivity index (χ3v) is 4.72. The third-order valence-electron chi connectivity index (χ3n) is 4.72. The highest BCUT2D eigenvalue weighted by atomic mass is 16.5. The quantitative estimate of drug-likeness (QED) is 0.501. The van der Waals surface area contributed by atoms with E-state index in [1.54, 1.807) is 38.3 Å². The normalized spacial score (nSPS) is 16.0. The van der Waals surface area contributed by atoms with E-state index in [9.17, 15) is 14.4 Å². The Labute approximate surface area is 176 Å². The molecule has 1 heterocycles. The van der Waals surface area contributed by atoms with Crippen molar-refractivity contribution in [1.82, 2.24) is 15.5 Å². The summed E-state index contributed by atoms with van der Waals surface area (Å²) in [5.74, 6) is 0.0342. The molecule has 1 atom stereocenters. The van der Waals surface area contributed by atoms with E-state index in [2.05, 4.69) is 16.0 Å².